The van der Waals surface area contributed by atoms with E-state index in [-0.39, 0.29) is 12.5 Å². The molecule has 7 nitrogen and oxygen atoms in total. The second-order valence-corrected chi connectivity index (χ2v) is 9.78. The number of thiophene rings is 1. The van der Waals surface area contributed by atoms with Gasteiger partial charge in [-0.15, -0.1) is 16.4 Å². The van der Waals surface area contributed by atoms with Gasteiger partial charge in [-0.05, 0) is 40.8 Å². The first-order chi connectivity index (χ1) is 18.3. The predicted octanol–water partition coefficient (Wildman–Crippen LogP) is 6.57. The van der Waals surface area contributed by atoms with E-state index in [1.165, 1.54) is 0 Å². The average Bonchev–Trinajstić information content (AvgIpc) is 3.63. The van der Waals surface area contributed by atoms with Crippen molar-refractivity contribution in [3.05, 3.63) is 118 Å². The molecule has 0 N–H and O–H groups in total. The minimum atomic E-state index is -0.126. The zero-order valence-electron chi connectivity index (χ0n) is 19.9. The highest BCUT2D eigenvalue weighted by Gasteiger charge is 2.34. The van der Waals surface area contributed by atoms with Crippen molar-refractivity contribution in [2.45, 2.75) is 19.4 Å². The Bertz CT molecular complexity index is 1780. The monoisotopic (exact) mass is 503 g/mol. The Kier molecular flexibility index (Phi) is 5.18. The lowest BCUT2D eigenvalue weighted by molar-refractivity contribution is 0.125. The Morgan fingerprint density at radius 3 is 2.73 bits per heavy atom. The molecular weight excluding hydrogens is 482 g/mol. The highest BCUT2D eigenvalue weighted by Crippen LogP contribution is 2.50. The molecule has 0 spiro atoms. The Morgan fingerprint density at radius 2 is 1.86 bits per heavy atom. The van der Waals surface area contributed by atoms with Crippen molar-refractivity contribution in [3.63, 3.8) is 0 Å². The van der Waals surface area contributed by atoms with Crippen LogP contribution in [0.4, 0.5) is 0 Å². The van der Waals surface area contributed by atoms with Crippen molar-refractivity contribution in [1.29, 1.82) is 0 Å². The molecule has 180 valence electrons. The summed E-state index contributed by atoms with van der Waals surface area (Å²) in [4.78, 5) is 16.2. The molecular formula is C29H21N5O2S. The third-order valence-corrected chi connectivity index (χ3v) is 7.53. The molecule has 1 aliphatic rings. The van der Waals surface area contributed by atoms with E-state index in [9.17, 15) is 0 Å². The van der Waals surface area contributed by atoms with Crippen molar-refractivity contribution in [2.75, 3.05) is 0 Å². The van der Waals surface area contributed by atoms with Crippen LogP contribution in [0, 0.1) is 0 Å². The normalized spacial score (nSPS) is 14.8. The highest BCUT2D eigenvalue weighted by atomic mass is 32.1. The second kappa shape index (κ2) is 8.83. The number of hydrogen-bond donors (Lipinski definition) is 0. The molecule has 0 saturated carbocycles. The lowest BCUT2D eigenvalue weighted by atomic mass is 9.81. The SMILES string of the molecule is C/C(=N\OCc1nc2c3c(ncn2n1)Oc1ccc2ccccc2c1C3c1ccccc1)c1cccs1. The smallest absolute Gasteiger partial charge is 0.228 e. The summed E-state index contributed by atoms with van der Waals surface area (Å²) in [6.45, 7) is 2.07. The second-order valence-electron chi connectivity index (χ2n) is 8.83. The summed E-state index contributed by atoms with van der Waals surface area (Å²) in [6.07, 6.45) is 1.64. The van der Waals surface area contributed by atoms with Crippen LogP contribution >= 0.6 is 11.3 Å². The molecule has 0 radical (unpaired) electrons. The molecule has 4 heterocycles. The number of ether oxygens (including phenoxy) is 1. The van der Waals surface area contributed by atoms with Gasteiger partial charge in [0.25, 0.3) is 0 Å². The van der Waals surface area contributed by atoms with Crippen LogP contribution in [0.25, 0.3) is 16.4 Å². The molecule has 0 aliphatic carbocycles. The summed E-state index contributed by atoms with van der Waals surface area (Å²) < 4.78 is 8.06. The van der Waals surface area contributed by atoms with Gasteiger partial charge in [0.05, 0.1) is 16.2 Å². The van der Waals surface area contributed by atoms with Gasteiger partial charge < -0.3 is 9.57 Å². The molecule has 3 aromatic heterocycles. The van der Waals surface area contributed by atoms with Crippen LogP contribution in [0.2, 0.25) is 0 Å². The summed E-state index contributed by atoms with van der Waals surface area (Å²) in [6, 6.07) is 26.9. The van der Waals surface area contributed by atoms with Gasteiger partial charge >= 0.3 is 0 Å². The Hall–Kier alpha value is -4.56. The molecule has 37 heavy (non-hydrogen) atoms. The van der Waals surface area contributed by atoms with Crippen molar-refractivity contribution in [2.24, 2.45) is 5.16 Å². The molecule has 1 unspecified atom stereocenters. The van der Waals surface area contributed by atoms with Crippen LogP contribution in [0.3, 0.4) is 0 Å². The topological polar surface area (TPSA) is 73.9 Å². The molecule has 0 bridgehead atoms. The fourth-order valence-electron chi connectivity index (χ4n) is 4.90. The maximum atomic E-state index is 6.36. The van der Waals surface area contributed by atoms with Crippen LogP contribution < -0.4 is 4.74 Å². The van der Waals surface area contributed by atoms with Gasteiger partial charge in [0.2, 0.25) is 5.88 Å². The lowest BCUT2D eigenvalue weighted by Crippen LogP contribution is -2.15. The fraction of sp³-hybridized carbons (Fsp3) is 0.103. The highest BCUT2D eigenvalue weighted by molar-refractivity contribution is 7.12. The third kappa shape index (κ3) is 3.73. The molecule has 0 saturated heterocycles. The first-order valence-electron chi connectivity index (χ1n) is 12.0. The van der Waals surface area contributed by atoms with E-state index in [4.69, 9.17) is 14.6 Å². The van der Waals surface area contributed by atoms with Gasteiger partial charge in [-0.2, -0.15) is 0 Å². The van der Waals surface area contributed by atoms with E-state index in [2.05, 4.69) is 69.8 Å². The van der Waals surface area contributed by atoms with Gasteiger partial charge in [0.15, 0.2) is 18.1 Å². The zero-order valence-corrected chi connectivity index (χ0v) is 20.7. The van der Waals surface area contributed by atoms with Crippen LogP contribution in [-0.2, 0) is 11.4 Å². The van der Waals surface area contributed by atoms with Crippen LogP contribution in [0.1, 0.15) is 40.2 Å². The first kappa shape index (κ1) is 21.7. The number of hydrogen-bond acceptors (Lipinski definition) is 7. The number of oxime groups is 1. The van der Waals surface area contributed by atoms with Gasteiger partial charge in [-0.3, -0.25) is 0 Å². The fourth-order valence-corrected chi connectivity index (χ4v) is 5.57. The summed E-state index contributed by atoms with van der Waals surface area (Å²) in [5, 5.41) is 13.2. The van der Waals surface area contributed by atoms with Crippen molar-refractivity contribution in [1.82, 2.24) is 19.6 Å². The standard InChI is InChI=1S/C29H21N5O2S/c1-18(23-12-7-15-37-23)33-35-16-24-31-28-27-25(20-9-3-2-4-10-20)26-21-11-6-5-8-19(21)13-14-22(26)36-29(27)30-17-34(28)32-24/h2-15,17,25H,16H2,1H3/b33-18+. The van der Waals surface area contributed by atoms with Crippen LogP contribution in [0.15, 0.2) is 95.7 Å². The van der Waals surface area contributed by atoms with Crippen molar-refractivity contribution >= 4 is 33.5 Å². The molecule has 1 atom stereocenters. The zero-order chi connectivity index (χ0) is 24.8. The van der Waals surface area contributed by atoms with Gasteiger partial charge in [-0.25, -0.2) is 14.5 Å². The molecule has 0 fully saturated rings. The first-order valence-corrected chi connectivity index (χ1v) is 12.8. The minimum absolute atomic E-state index is 0.126. The number of rotatable bonds is 5. The molecule has 1 aliphatic heterocycles. The molecule has 7 rings (SSSR count). The Balaban J connectivity index is 1.35. The minimum Gasteiger partial charge on any atom is -0.438 e. The van der Waals surface area contributed by atoms with Crippen LogP contribution in [-0.4, -0.2) is 25.3 Å². The van der Waals surface area contributed by atoms with E-state index < -0.39 is 0 Å². The average molecular weight is 504 g/mol. The van der Waals surface area contributed by atoms with Crippen molar-refractivity contribution < 1.29 is 9.57 Å². The molecule has 3 aromatic carbocycles. The number of benzene rings is 3. The summed E-state index contributed by atoms with van der Waals surface area (Å²) >= 11 is 1.62. The molecule has 8 heteroatoms. The third-order valence-electron chi connectivity index (χ3n) is 6.55. The van der Waals surface area contributed by atoms with E-state index in [0.29, 0.717) is 17.4 Å². The van der Waals surface area contributed by atoms with Gasteiger partial charge in [0.1, 0.15) is 12.1 Å². The molecule has 6 aromatic rings. The van der Waals surface area contributed by atoms with Crippen molar-refractivity contribution in [3.8, 4) is 11.6 Å². The van der Waals surface area contributed by atoms with Crippen LogP contribution in [0.5, 0.6) is 11.6 Å². The van der Waals surface area contributed by atoms with Gasteiger partial charge in [-0.1, -0.05) is 71.9 Å². The van der Waals surface area contributed by atoms with Gasteiger partial charge in [0, 0.05) is 11.5 Å². The summed E-state index contributed by atoms with van der Waals surface area (Å²) in [5.41, 5.74) is 4.63. The Labute approximate surface area is 216 Å². The number of nitrogens with zero attached hydrogens (tertiary/aromatic N) is 5. The Morgan fingerprint density at radius 1 is 1.00 bits per heavy atom. The largest absolute Gasteiger partial charge is 0.438 e. The maximum Gasteiger partial charge on any atom is 0.228 e. The number of aromatic nitrogens is 4. The summed E-state index contributed by atoms with van der Waals surface area (Å²) in [7, 11) is 0. The van der Waals surface area contributed by atoms with E-state index in [1.807, 2.05) is 36.6 Å². The lowest BCUT2D eigenvalue weighted by Gasteiger charge is -2.29. The maximum absolute atomic E-state index is 6.36. The van der Waals surface area contributed by atoms with E-state index in [1.54, 1.807) is 22.2 Å². The molecule has 0 amide bonds. The predicted molar refractivity (Wildman–Crippen MR) is 144 cm³/mol. The number of fused-ring (bicyclic) bond motifs is 6. The summed E-state index contributed by atoms with van der Waals surface area (Å²) in [5.74, 6) is 1.74. The van der Waals surface area contributed by atoms with E-state index in [0.717, 1.165) is 43.8 Å². The van der Waals surface area contributed by atoms with E-state index >= 15 is 0 Å². The quantitative estimate of drug-likeness (QED) is 0.196.